The molecule has 1 amide bonds. The van der Waals surface area contributed by atoms with E-state index < -0.39 is 6.10 Å². The van der Waals surface area contributed by atoms with Crippen molar-refractivity contribution >= 4 is 5.91 Å². The standard InChI is InChI=1S/C23H30N2O3/c1-17-7-8-18(2)22(13-17)28-19(3)23(26)24-15-20-5-4-6-21(14-20)16-25-9-11-27-12-10-25/h4-8,13-14,19H,9-12,15-16H2,1-3H3,(H,24,26)/t19-/m1/s1. The minimum absolute atomic E-state index is 0.112. The van der Waals surface area contributed by atoms with Gasteiger partial charge in [-0.1, -0.05) is 36.4 Å². The second kappa shape index (κ2) is 9.71. The van der Waals surface area contributed by atoms with Crippen LogP contribution in [-0.4, -0.2) is 43.2 Å². The van der Waals surface area contributed by atoms with Gasteiger partial charge in [0.15, 0.2) is 6.10 Å². The first-order valence-corrected chi connectivity index (χ1v) is 9.91. The maximum Gasteiger partial charge on any atom is 0.261 e. The molecule has 0 bridgehead atoms. The van der Waals surface area contributed by atoms with Crippen molar-refractivity contribution in [1.82, 2.24) is 10.2 Å². The minimum atomic E-state index is -0.544. The monoisotopic (exact) mass is 382 g/mol. The SMILES string of the molecule is Cc1ccc(C)c(O[C@H](C)C(=O)NCc2cccc(CN3CCOCC3)c2)c1. The van der Waals surface area contributed by atoms with Gasteiger partial charge in [-0.2, -0.15) is 0 Å². The predicted octanol–water partition coefficient (Wildman–Crippen LogP) is 3.22. The first kappa shape index (κ1) is 20.4. The van der Waals surface area contributed by atoms with Gasteiger partial charge in [-0.15, -0.1) is 0 Å². The molecule has 0 unspecified atom stereocenters. The largest absolute Gasteiger partial charge is 0.481 e. The average molecular weight is 383 g/mol. The van der Waals surface area contributed by atoms with Gasteiger partial charge in [0.05, 0.1) is 13.2 Å². The number of hydrogen-bond acceptors (Lipinski definition) is 4. The van der Waals surface area contributed by atoms with Gasteiger partial charge in [0.25, 0.3) is 5.91 Å². The van der Waals surface area contributed by atoms with Crippen LogP contribution in [0.15, 0.2) is 42.5 Å². The van der Waals surface area contributed by atoms with E-state index in [1.807, 2.05) is 44.2 Å². The number of aryl methyl sites for hydroxylation is 2. The van der Waals surface area contributed by atoms with Gasteiger partial charge in [-0.25, -0.2) is 0 Å². The fourth-order valence-corrected chi connectivity index (χ4v) is 3.27. The van der Waals surface area contributed by atoms with Crippen molar-refractivity contribution in [3.63, 3.8) is 0 Å². The molecule has 1 heterocycles. The zero-order chi connectivity index (χ0) is 19.9. The molecule has 1 aliphatic heterocycles. The number of carbonyl (C=O) groups excluding carboxylic acids is 1. The molecule has 5 heteroatoms. The molecule has 5 nitrogen and oxygen atoms in total. The molecular weight excluding hydrogens is 352 g/mol. The van der Waals surface area contributed by atoms with Crippen molar-refractivity contribution in [2.24, 2.45) is 0 Å². The van der Waals surface area contributed by atoms with Gasteiger partial charge in [0.1, 0.15) is 5.75 Å². The van der Waals surface area contributed by atoms with Gasteiger partial charge in [-0.3, -0.25) is 9.69 Å². The number of benzene rings is 2. The van der Waals surface area contributed by atoms with E-state index in [1.54, 1.807) is 6.92 Å². The maximum atomic E-state index is 12.5. The summed E-state index contributed by atoms with van der Waals surface area (Å²) in [5.41, 5.74) is 4.50. The van der Waals surface area contributed by atoms with E-state index in [9.17, 15) is 4.79 Å². The Balaban J connectivity index is 1.52. The summed E-state index contributed by atoms with van der Waals surface area (Å²) in [4.78, 5) is 14.9. The molecule has 1 N–H and O–H groups in total. The number of morpholine rings is 1. The first-order valence-electron chi connectivity index (χ1n) is 9.91. The molecule has 1 atom stereocenters. The van der Waals surface area contributed by atoms with Crippen LogP contribution in [0.3, 0.4) is 0 Å². The third-order valence-corrected chi connectivity index (χ3v) is 4.98. The summed E-state index contributed by atoms with van der Waals surface area (Å²) in [7, 11) is 0. The van der Waals surface area contributed by atoms with Crippen LogP contribution in [-0.2, 0) is 22.6 Å². The fourth-order valence-electron chi connectivity index (χ4n) is 3.27. The molecular formula is C23H30N2O3. The Kier molecular flexibility index (Phi) is 7.06. The number of rotatable bonds is 7. The Bertz CT molecular complexity index is 800. The van der Waals surface area contributed by atoms with Gasteiger partial charge in [0, 0.05) is 26.2 Å². The van der Waals surface area contributed by atoms with E-state index in [2.05, 4.69) is 22.3 Å². The average Bonchev–Trinajstić information content (AvgIpc) is 2.70. The molecule has 0 aliphatic carbocycles. The number of nitrogens with one attached hydrogen (secondary N) is 1. The maximum absolute atomic E-state index is 12.5. The molecule has 2 aromatic rings. The number of ether oxygens (including phenoxy) is 2. The molecule has 2 aromatic carbocycles. The van der Waals surface area contributed by atoms with E-state index in [-0.39, 0.29) is 5.91 Å². The van der Waals surface area contributed by atoms with Crippen LogP contribution < -0.4 is 10.1 Å². The Hall–Kier alpha value is -2.37. The van der Waals surface area contributed by atoms with Gasteiger partial charge in [-0.05, 0) is 49.1 Å². The Labute approximate surface area is 167 Å². The lowest BCUT2D eigenvalue weighted by Gasteiger charge is -2.26. The van der Waals surface area contributed by atoms with Crippen LogP contribution in [0.25, 0.3) is 0 Å². The van der Waals surface area contributed by atoms with Crippen LogP contribution in [0.2, 0.25) is 0 Å². The topological polar surface area (TPSA) is 50.8 Å². The first-order chi connectivity index (χ1) is 13.5. The Morgan fingerprint density at radius 2 is 1.89 bits per heavy atom. The van der Waals surface area contributed by atoms with Crippen molar-refractivity contribution in [3.8, 4) is 5.75 Å². The van der Waals surface area contributed by atoms with Crippen LogP contribution in [0.1, 0.15) is 29.2 Å². The van der Waals surface area contributed by atoms with Crippen molar-refractivity contribution in [3.05, 3.63) is 64.7 Å². The molecule has 1 fully saturated rings. The highest BCUT2D eigenvalue weighted by atomic mass is 16.5. The lowest BCUT2D eigenvalue weighted by molar-refractivity contribution is -0.127. The summed E-state index contributed by atoms with van der Waals surface area (Å²) in [6.07, 6.45) is -0.544. The number of nitrogens with zero attached hydrogens (tertiary/aromatic N) is 1. The van der Waals surface area contributed by atoms with E-state index in [4.69, 9.17) is 9.47 Å². The second-order valence-corrected chi connectivity index (χ2v) is 7.46. The third kappa shape index (κ3) is 5.81. The van der Waals surface area contributed by atoms with Crippen LogP contribution >= 0.6 is 0 Å². The third-order valence-electron chi connectivity index (χ3n) is 4.98. The molecule has 1 saturated heterocycles. The Morgan fingerprint density at radius 3 is 2.68 bits per heavy atom. The summed E-state index contributed by atoms with van der Waals surface area (Å²) >= 11 is 0. The van der Waals surface area contributed by atoms with Gasteiger partial charge in [0.2, 0.25) is 0 Å². The summed E-state index contributed by atoms with van der Waals surface area (Å²) in [5, 5.41) is 2.99. The molecule has 0 saturated carbocycles. The lowest BCUT2D eigenvalue weighted by Crippen LogP contribution is -2.36. The van der Waals surface area contributed by atoms with E-state index in [1.165, 1.54) is 5.56 Å². The van der Waals surface area contributed by atoms with E-state index in [0.29, 0.717) is 6.54 Å². The number of amides is 1. The van der Waals surface area contributed by atoms with Crippen molar-refractivity contribution < 1.29 is 14.3 Å². The van der Waals surface area contributed by atoms with E-state index >= 15 is 0 Å². The molecule has 150 valence electrons. The highest BCUT2D eigenvalue weighted by molar-refractivity contribution is 5.80. The zero-order valence-electron chi connectivity index (χ0n) is 17.0. The van der Waals surface area contributed by atoms with Gasteiger partial charge >= 0.3 is 0 Å². The lowest BCUT2D eigenvalue weighted by atomic mass is 10.1. The zero-order valence-corrected chi connectivity index (χ0v) is 17.0. The summed E-state index contributed by atoms with van der Waals surface area (Å²) in [6.45, 7) is 10.7. The predicted molar refractivity (Wildman–Crippen MR) is 110 cm³/mol. The highest BCUT2D eigenvalue weighted by Gasteiger charge is 2.16. The number of carbonyl (C=O) groups is 1. The normalized spacial score (nSPS) is 15.8. The minimum Gasteiger partial charge on any atom is -0.481 e. The van der Waals surface area contributed by atoms with Crippen LogP contribution in [0.5, 0.6) is 5.75 Å². The van der Waals surface area contributed by atoms with Crippen molar-refractivity contribution in [2.45, 2.75) is 40.0 Å². The molecule has 3 rings (SSSR count). The molecule has 0 spiro atoms. The summed E-state index contributed by atoms with van der Waals surface area (Å²) < 4.78 is 11.3. The molecule has 28 heavy (non-hydrogen) atoms. The molecule has 1 aliphatic rings. The van der Waals surface area contributed by atoms with Gasteiger partial charge < -0.3 is 14.8 Å². The second-order valence-electron chi connectivity index (χ2n) is 7.46. The molecule has 0 aromatic heterocycles. The van der Waals surface area contributed by atoms with Crippen molar-refractivity contribution in [2.75, 3.05) is 26.3 Å². The van der Waals surface area contributed by atoms with Crippen LogP contribution in [0, 0.1) is 13.8 Å². The smallest absolute Gasteiger partial charge is 0.261 e. The molecule has 0 radical (unpaired) electrons. The fraction of sp³-hybridized carbons (Fsp3) is 0.435. The summed E-state index contributed by atoms with van der Waals surface area (Å²) in [5.74, 6) is 0.648. The van der Waals surface area contributed by atoms with Crippen molar-refractivity contribution in [1.29, 1.82) is 0 Å². The van der Waals surface area contributed by atoms with Crippen LogP contribution in [0.4, 0.5) is 0 Å². The number of hydrogen-bond donors (Lipinski definition) is 1. The summed E-state index contributed by atoms with van der Waals surface area (Å²) in [6, 6.07) is 14.4. The highest BCUT2D eigenvalue weighted by Crippen LogP contribution is 2.20. The quantitative estimate of drug-likeness (QED) is 0.799. The van der Waals surface area contributed by atoms with E-state index in [0.717, 1.165) is 55.3 Å². The Morgan fingerprint density at radius 1 is 1.14 bits per heavy atom.